The summed E-state index contributed by atoms with van der Waals surface area (Å²) in [4.78, 5) is 10.2. The zero-order valence-electron chi connectivity index (χ0n) is 18.5. The Morgan fingerprint density at radius 2 is 2.18 bits per heavy atom. The van der Waals surface area contributed by atoms with E-state index in [4.69, 9.17) is 15.2 Å². The molecule has 5 rings (SSSR count). The molecule has 0 unspecified atom stereocenters. The van der Waals surface area contributed by atoms with E-state index in [0.29, 0.717) is 43.7 Å². The number of alkyl halides is 1. The number of aromatic nitrogens is 3. The number of ether oxygens (including phenoxy) is 2. The van der Waals surface area contributed by atoms with Crippen LogP contribution in [-0.2, 0) is 11.3 Å². The van der Waals surface area contributed by atoms with Gasteiger partial charge in [0.25, 0.3) is 0 Å². The minimum absolute atomic E-state index is 0.228. The van der Waals surface area contributed by atoms with Gasteiger partial charge in [-0.15, -0.1) is 11.3 Å². The van der Waals surface area contributed by atoms with Crippen LogP contribution in [0.5, 0.6) is 5.75 Å². The van der Waals surface area contributed by atoms with E-state index in [0.717, 1.165) is 52.0 Å². The summed E-state index contributed by atoms with van der Waals surface area (Å²) in [6.07, 6.45) is 11.8. The van der Waals surface area contributed by atoms with Gasteiger partial charge in [-0.25, -0.2) is 0 Å². The summed E-state index contributed by atoms with van der Waals surface area (Å²) in [6, 6.07) is 4.29. The van der Waals surface area contributed by atoms with Crippen molar-refractivity contribution < 1.29 is 13.9 Å². The minimum atomic E-state index is -0.348. The lowest BCUT2D eigenvalue weighted by atomic mass is 9.96. The third kappa shape index (κ3) is 5.25. The molecular formula is C24H28FN5O2S. The Balaban J connectivity index is 1.44. The van der Waals surface area contributed by atoms with Gasteiger partial charge < -0.3 is 15.2 Å². The summed E-state index contributed by atoms with van der Waals surface area (Å²) in [5, 5.41) is 4.35. The van der Waals surface area contributed by atoms with E-state index < -0.39 is 0 Å². The van der Waals surface area contributed by atoms with Crippen molar-refractivity contribution in [3.8, 4) is 16.2 Å². The van der Waals surface area contributed by atoms with Crippen LogP contribution < -0.4 is 10.5 Å². The normalized spacial score (nSPS) is 18.2. The van der Waals surface area contributed by atoms with E-state index in [9.17, 15) is 4.39 Å². The lowest BCUT2D eigenvalue weighted by molar-refractivity contribution is 0.0746. The first kappa shape index (κ1) is 22.0. The van der Waals surface area contributed by atoms with Crippen LogP contribution in [0.25, 0.3) is 20.7 Å². The van der Waals surface area contributed by atoms with Gasteiger partial charge in [-0.05, 0) is 38.2 Å². The first-order valence-corrected chi connectivity index (χ1v) is 12.3. The molecule has 0 spiro atoms. The highest BCUT2D eigenvalue weighted by molar-refractivity contribution is 7.22. The monoisotopic (exact) mass is 469 g/mol. The number of nitrogens with zero attached hydrogens (tertiary/aromatic N) is 4. The number of halogens is 1. The van der Waals surface area contributed by atoms with Crippen molar-refractivity contribution in [2.75, 3.05) is 19.9 Å². The second-order valence-corrected chi connectivity index (χ2v) is 9.54. The molecule has 33 heavy (non-hydrogen) atoms. The predicted octanol–water partition coefficient (Wildman–Crippen LogP) is 4.73. The number of aliphatic imine (C=N–C) groups is 1. The number of allylic oxidation sites excluding steroid dienone is 2. The van der Waals surface area contributed by atoms with Crippen molar-refractivity contribution in [3.05, 3.63) is 42.2 Å². The lowest BCUT2D eigenvalue weighted by Crippen LogP contribution is -2.24. The van der Waals surface area contributed by atoms with Crippen LogP contribution in [-0.4, -0.2) is 46.9 Å². The fourth-order valence-electron chi connectivity index (χ4n) is 3.86. The van der Waals surface area contributed by atoms with E-state index in [2.05, 4.69) is 15.1 Å². The summed E-state index contributed by atoms with van der Waals surface area (Å²) in [5.41, 5.74) is 9.16. The van der Waals surface area contributed by atoms with Crippen molar-refractivity contribution in [1.29, 1.82) is 0 Å². The van der Waals surface area contributed by atoms with E-state index in [1.807, 2.05) is 18.3 Å². The first-order chi connectivity index (χ1) is 16.2. The molecule has 0 atom stereocenters. The summed E-state index contributed by atoms with van der Waals surface area (Å²) in [6.45, 7) is 1.64. The molecule has 3 aromatic rings. The Morgan fingerprint density at radius 3 is 2.97 bits per heavy atom. The van der Waals surface area contributed by atoms with E-state index >= 15 is 0 Å². The van der Waals surface area contributed by atoms with E-state index in [-0.39, 0.29) is 12.6 Å². The Morgan fingerprint density at radius 1 is 1.33 bits per heavy atom. The van der Waals surface area contributed by atoms with Crippen LogP contribution in [0.4, 0.5) is 4.39 Å². The molecule has 2 fully saturated rings. The number of aryl methyl sites for hydroxylation is 1. The van der Waals surface area contributed by atoms with Crippen molar-refractivity contribution in [3.63, 3.8) is 0 Å². The number of hydrogen-bond donors (Lipinski definition) is 1. The molecule has 0 amide bonds. The van der Waals surface area contributed by atoms with Crippen molar-refractivity contribution in [2.24, 2.45) is 16.6 Å². The molecule has 1 aliphatic carbocycles. The lowest BCUT2D eigenvalue weighted by Gasteiger charge is -2.23. The van der Waals surface area contributed by atoms with Crippen LogP contribution in [0, 0.1) is 5.92 Å². The average molecular weight is 470 g/mol. The SMILES string of the molecule is NC(=C(C=NC1CC1)Oc1ccnc2cc(-c3cnn(CCCF)c3)sc12)C1CCOCC1. The summed E-state index contributed by atoms with van der Waals surface area (Å²) < 4.78 is 27.1. The van der Waals surface area contributed by atoms with Crippen LogP contribution in [0.3, 0.4) is 0 Å². The van der Waals surface area contributed by atoms with Gasteiger partial charge in [0, 0.05) is 54.6 Å². The van der Waals surface area contributed by atoms with Gasteiger partial charge in [0.05, 0.1) is 41.0 Å². The zero-order valence-corrected chi connectivity index (χ0v) is 19.3. The Hall–Kier alpha value is -2.78. The van der Waals surface area contributed by atoms with Gasteiger partial charge in [-0.3, -0.25) is 19.0 Å². The fraction of sp³-hybridized carbons (Fsp3) is 0.458. The molecule has 7 nitrogen and oxygen atoms in total. The standard InChI is InChI=1S/C24H28FN5O2S/c25-7-1-9-30-15-17(13-29-30)22-12-19-24(33-22)20(4-8-27-19)32-21(14-28-18-2-3-18)23(26)16-5-10-31-11-6-16/h4,8,12-16,18H,1-3,5-7,9-11,26H2. The Kier molecular flexibility index (Phi) is 6.68. The van der Waals surface area contributed by atoms with E-state index in [1.54, 1.807) is 34.6 Å². The molecule has 4 heterocycles. The fourth-order valence-corrected chi connectivity index (χ4v) is 4.90. The molecule has 0 aromatic carbocycles. The quantitative estimate of drug-likeness (QED) is 0.362. The van der Waals surface area contributed by atoms with Gasteiger partial charge in [0.15, 0.2) is 5.76 Å². The first-order valence-electron chi connectivity index (χ1n) is 11.5. The number of rotatable bonds is 9. The van der Waals surface area contributed by atoms with Gasteiger partial charge in [-0.2, -0.15) is 5.10 Å². The highest BCUT2D eigenvalue weighted by Gasteiger charge is 2.23. The van der Waals surface area contributed by atoms with Gasteiger partial charge in [-0.1, -0.05) is 0 Å². The molecule has 2 aliphatic rings. The molecule has 9 heteroatoms. The largest absolute Gasteiger partial charge is 0.452 e. The topological polar surface area (TPSA) is 87.5 Å². The van der Waals surface area contributed by atoms with Crippen LogP contribution in [0.2, 0.25) is 0 Å². The second kappa shape index (κ2) is 10.0. The third-order valence-corrected chi connectivity index (χ3v) is 7.12. The molecule has 1 saturated heterocycles. The Bertz CT molecular complexity index is 1160. The number of nitrogens with two attached hydrogens (primary N) is 1. The average Bonchev–Trinajstić information content (AvgIpc) is 3.37. The van der Waals surface area contributed by atoms with Crippen molar-refractivity contribution in [1.82, 2.24) is 14.8 Å². The van der Waals surface area contributed by atoms with Crippen LogP contribution in [0.1, 0.15) is 32.1 Å². The number of fused-ring (bicyclic) bond motifs is 1. The highest BCUT2D eigenvalue weighted by Crippen LogP contribution is 2.38. The minimum Gasteiger partial charge on any atom is -0.452 e. The zero-order chi connectivity index (χ0) is 22.6. The molecule has 2 N–H and O–H groups in total. The van der Waals surface area contributed by atoms with Gasteiger partial charge in [0.2, 0.25) is 0 Å². The second-order valence-electron chi connectivity index (χ2n) is 8.49. The smallest absolute Gasteiger partial charge is 0.164 e. The summed E-state index contributed by atoms with van der Waals surface area (Å²) in [7, 11) is 0. The van der Waals surface area contributed by atoms with Crippen molar-refractivity contribution in [2.45, 2.75) is 44.7 Å². The maximum Gasteiger partial charge on any atom is 0.164 e. The maximum absolute atomic E-state index is 12.5. The molecule has 0 radical (unpaired) electrons. The molecule has 1 aliphatic heterocycles. The van der Waals surface area contributed by atoms with Crippen molar-refractivity contribution >= 4 is 27.8 Å². The summed E-state index contributed by atoms with van der Waals surface area (Å²) in [5.74, 6) is 1.56. The molecule has 0 bridgehead atoms. The number of thiophene rings is 1. The molecule has 1 saturated carbocycles. The van der Waals surface area contributed by atoms with E-state index in [1.165, 1.54) is 0 Å². The number of pyridine rings is 1. The van der Waals surface area contributed by atoms with Gasteiger partial charge in [0.1, 0.15) is 5.75 Å². The van der Waals surface area contributed by atoms with Crippen LogP contribution in [0.15, 0.2) is 47.2 Å². The highest BCUT2D eigenvalue weighted by atomic mass is 32.1. The third-order valence-electron chi connectivity index (χ3n) is 5.93. The summed E-state index contributed by atoms with van der Waals surface area (Å²) >= 11 is 1.60. The number of hydrogen-bond acceptors (Lipinski definition) is 7. The predicted molar refractivity (Wildman–Crippen MR) is 128 cm³/mol. The molecular weight excluding hydrogens is 441 g/mol. The van der Waals surface area contributed by atoms with Crippen LogP contribution >= 0.6 is 11.3 Å². The van der Waals surface area contributed by atoms with Gasteiger partial charge >= 0.3 is 0 Å². The Labute approximate surface area is 196 Å². The molecule has 174 valence electrons. The maximum atomic E-state index is 12.5. The molecule has 3 aromatic heterocycles.